The van der Waals surface area contributed by atoms with Crippen LogP contribution in [0.2, 0.25) is 0 Å². The Hall–Kier alpha value is -2.66. The van der Waals surface area contributed by atoms with Gasteiger partial charge in [-0.3, -0.25) is 0 Å². The van der Waals surface area contributed by atoms with Crippen LogP contribution >= 0.6 is 15.9 Å². The summed E-state index contributed by atoms with van der Waals surface area (Å²) >= 11 is 3.46. The lowest BCUT2D eigenvalue weighted by Gasteiger charge is -2.21. The van der Waals surface area contributed by atoms with E-state index in [4.69, 9.17) is 9.47 Å². The van der Waals surface area contributed by atoms with Gasteiger partial charge < -0.3 is 9.47 Å². The minimum atomic E-state index is -0.518. The number of benzene rings is 2. The predicted molar refractivity (Wildman–Crippen MR) is 103 cm³/mol. The van der Waals surface area contributed by atoms with Crippen LogP contribution in [0.15, 0.2) is 60.1 Å². The number of carbonyl (C=O) groups excluding carboxylic acids is 2. The van der Waals surface area contributed by atoms with E-state index in [2.05, 4.69) is 41.2 Å². The number of halogens is 1. The van der Waals surface area contributed by atoms with E-state index < -0.39 is 11.9 Å². The molecule has 5 heteroatoms. The molecule has 26 heavy (non-hydrogen) atoms. The first-order valence-corrected chi connectivity index (χ1v) is 8.98. The molecular formula is C21H15BrO4. The summed E-state index contributed by atoms with van der Waals surface area (Å²) in [7, 11) is 0. The maximum absolute atomic E-state index is 12.0. The van der Waals surface area contributed by atoms with Crippen LogP contribution in [0.25, 0.3) is 10.8 Å². The van der Waals surface area contributed by atoms with Crippen LogP contribution in [-0.4, -0.2) is 11.9 Å². The van der Waals surface area contributed by atoms with Gasteiger partial charge in [-0.25, -0.2) is 9.59 Å². The van der Waals surface area contributed by atoms with Crippen LogP contribution in [0.5, 0.6) is 11.5 Å². The van der Waals surface area contributed by atoms with Gasteiger partial charge in [-0.1, -0.05) is 41.2 Å². The van der Waals surface area contributed by atoms with Crippen molar-refractivity contribution in [1.29, 1.82) is 0 Å². The van der Waals surface area contributed by atoms with Gasteiger partial charge in [-0.05, 0) is 24.6 Å². The largest absolute Gasteiger partial charge is 0.422 e. The van der Waals surface area contributed by atoms with E-state index in [0.29, 0.717) is 16.9 Å². The summed E-state index contributed by atoms with van der Waals surface area (Å²) < 4.78 is 12.1. The van der Waals surface area contributed by atoms with E-state index in [0.717, 1.165) is 39.6 Å². The highest BCUT2D eigenvalue weighted by Crippen LogP contribution is 2.58. The average molecular weight is 411 g/mol. The van der Waals surface area contributed by atoms with E-state index in [9.17, 15) is 9.59 Å². The maximum Gasteiger partial charge on any atom is 0.335 e. The summed E-state index contributed by atoms with van der Waals surface area (Å²) in [4.78, 5) is 23.9. The molecule has 4 rings (SSSR count). The van der Waals surface area contributed by atoms with E-state index in [-0.39, 0.29) is 11.8 Å². The van der Waals surface area contributed by atoms with Crippen molar-refractivity contribution < 1.29 is 19.1 Å². The number of allylic oxidation sites excluding steroid dienone is 2. The quantitative estimate of drug-likeness (QED) is 0.310. The highest BCUT2D eigenvalue weighted by Gasteiger charge is 2.40. The molecule has 2 aliphatic carbocycles. The standard InChI is InChI=1S/C21H15BrO4/c1-3-16(23)25-20-14-8-7-13(22)10-15(14)21(26-17(24)4-2)19-12-6-5-11(9-12)18(19)20/h3-8,10-12H,1-2,9H2. The highest BCUT2D eigenvalue weighted by molar-refractivity contribution is 9.10. The molecule has 0 saturated heterocycles. The van der Waals surface area contributed by atoms with Crippen LogP contribution < -0.4 is 9.47 Å². The lowest BCUT2D eigenvalue weighted by molar-refractivity contribution is -0.130. The number of hydrogen-bond acceptors (Lipinski definition) is 4. The zero-order chi connectivity index (χ0) is 18.4. The van der Waals surface area contributed by atoms with Gasteiger partial charge in [0.05, 0.1) is 0 Å². The fourth-order valence-electron chi connectivity index (χ4n) is 3.80. The van der Waals surface area contributed by atoms with Crippen molar-refractivity contribution in [2.75, 3.05) is 0 Å². The van der Waals surface area contributed by atoms with Crippen LogP contribution in [0, 0.1) is 0 Å². The van der Waals surface area contributed by atoms with Gasteiger partial charge in [0.2, 0.25) is 0 Å². The second-order valence-electron chi connectivity index (χ2n) is 6.26. The first-order valence-electron chi connectivity index (χ1n) is 8.19. The molecule has 0 spiro atoms. The zero-order valence-electron chi connectivity index (χ0n) is 13.8. The van der Waals surface area contributed by atoms with Crippen molar-refractivity contribution in [3.63, 3.8) is 0 Å². The number of ether oxygens (including phenoxy) is 2. The molecule has 2 aromatic carbocycles. The first kappa shape index (κ1) is 16.8. The Morgan fingerprint density at radius 1 is 0.962 bits per heavy atom. The van der Waals surface area contributed by atoms with Crippen molar-refractivity contribution in [3.05, 3.63) is 71.3 Å². The number of hydrogen-bond donors (Lipinski definition) is 0. The molecule has 2 bridgehead atoms. The summed E-state index contributed by atoms with van der Waals surface area (Å²) in [6.07, 6.45) is 7.39. The monoisotopic (exact) mass is 410 g/mol. The topological polar surface area (TPSA) is 52.6 Å². The molecule has 0 N–H and O–H groups in total. The molecule has 2 aliphatic rings. The Morgan fingerprint density at radius 3 is 2.04 bits per heavy atom. The molecule has 0 aliphatic heterocycles. The van der Waals surface area contributed by atoms with E-state index in [1.165, 1.54) is 0 Å². The predicted octanol–water partition coefficient (Wildman–Crippen LogP) is 4.93. The van der Waals surface area contributed by atoms with E-state index in [1.807, 2.05) is 18.2 Å². The lowest BCUT2D eigenvalue weighted by atomic mass is 9.90. The Kier molecular flexibility index (Phi) is 4.04. The molecule has 0 radical (unpaired) electrons. The van der Waals surface area contributed by atoms with Crippen molar-refractivity contribution >= 4 is 38.6 Å². The Labute approximate surface area is 158 Å². The van der Waals surface area contributed by atoms with Crippen molar-refractivity contribution in [3.8, 4) is 11.5 Å². The van der Waals surface area contributed by atoms with Gasteiger partial charge in [0, 0.05) is 50.4 Å². The molecule has 4 nitrogen and oxygen atoms in total. The second-order valence-corrected chi connectivity index (χ2v) is 7.18. The van der Waals surface area contributed by atoms with Crippen LogP contribution in [0.3, 0.4) is 0 Å². The van der Waals surface area contributed by atoms with Gasteiger partial charge in [0.15, 0.2) is 0 Å². The summed E-state index contributed by atoms with van der Waals surface area (Å²) in [6.45, 7) is 6.97. The molecule has 2 atom stereocenters. The molecule has 2 aromatic rings. The fraction of sp³-hybridized carbons (Fsp3) is 0.143. The molecule has 0 amide bonds. The van der Waals surface area contributed by atoms with Crippen LogP contribution in [0.1, 0.15) is 29.4 Å². The molecule has 0 saturated carbocycles. The highest BCUT2D eigenvalue weighted by atomic mass is 79.9. The first-order chi connectivity index (χ1) is 12.5. The zero-order valence-corrected chi connectivity index (χ0v) is 15.4. The molecule has 0 heterocycles. The summed E-state index contributed by atoms with van der Waals surface area (Å²) in [6, 6.07) is 5.58. The third kappa shape index (κ3) is 2.51. The Morgan fingerprint density at radius 2 is 1.50 bits per heavy atom. The van der Waals surface area contributed by atoms with E-state index in [1.54, 1.807) is 0 Å². The van der Waals surface area contributed by atoms with Gasteiger partial charge in [0.25, 0.3) is 0 Å². The van der Waals surface area contributed by atoms with Crippen LogP contribution in [0.4, 0.5) is 0 Å². The molecule has 130 valence electrons. The molecule has 0 fully saturated rings. The Bertz CT molecular complexity index is 1020. The summed E-state index contributed by atoms with van der Waals surface area (Å²) in [5.74, 6) is 0.262. The van der Waals surface area contributed by atoms with Gasteiger partial charge in [-0.2, -0.15) is 0 Å². The number of esters is 2. The minimum absolute atomic E-state index is 0.132. The van der Waals surface area contributed by atoms with Gasteiger partial charge >= 0.3 is 11.9 Å². The smallest absolute Gasteiger partial charge is 0.335 e. The average Bonchev–Trinajstić information content (AvgIpc) is 3.25. The van der Waals surface area contributed by atoms with E-state index >= 15 is 0 Å². The summed E-state index contributed by atoms with van der Waals surface area (Å²) in [5.41, 5.74) is 1.82. The molecular weight excluding hydrogens is 396 g/mol. The maximum atomic E-state index is 12.0. The number of carbonyl (C=O) groups is 2. The van der Waals surface area contributed by atoms with Crippen molar-refractivity contribution in [2.24, 2.45) is 0 Å². The summed E-state index contributed by atoms with van der Waals surface area (Å²) in [5, 5.41) is 1.43. The van der Waals surface area contributed by atoms with Gasteiger partial charge in [0.1, 0.15) is 11.5 Å². The number of fused-ring (bicyclic) bond motifs is 6. The van der Waals surface area contributed by atoms with Gasteiger partial charge in [-0.15, -0.1) is 0 Å². The molecule has 2 unspecified atom stereocenters. The van der Waals surface area contributed by atoms with Crippen LogP contribution in [-0.2, 0) is 9.59 Å². The van der Waals surface area contributed by atoms with Crippen molar-refractivity contribution in [1.82, 2.24) is 0 Å². The van der Waals surface area contributed by atoms with Crippen molar-refractivity contribution in [2.45, 2.75) is 18.3 Å². The second kappa shape index (κ2) is 6.25. The SMILES string of the molecule is C=CC(=O)Oc1c2c(c(OC(=O)C=C)c3cc(Br)ccc13)C1C=CC2C1. The molecule has 0 aromatic heterocycles. The minimum Gasteiger partial charge on any atom is -0.422 e. The Balaban J connectivity index is 2.06. The number of rotatable bonds is 4. The third-order valence-electron chi connectivity index (χ3n) is 4.81. The fourth-order valence-corrected chi connectivity index (χ4v) is 4.17. The third-order valence-corrected chi connectivity index (χ3v) is 5.31. The normalized spacial score (nSPS) is 19.3. The lowest BCUT2D eigenvalue weighted by Crippen LogP contribution is -2.11.